The number of aromatic nitrogens is 5. The van der Waals surface area contributed by atoms with Crippen LogP contribution in [0.2, 0.25) is 0 Å². The normalized spacial score (nSPS) is 12.5. The largest absolute Gasteiger partial charge is 0.307 e. The molecule has 240 valence electrons. The summed E-state index contributed by atoms with van der Waals surface area (Å²) in [7, 11) is 0. The minimum absolute atomic E-state index is 0.615. The monoisotopic (exact) mass is 671 g/mol. The third kappa shape index (κ3) is 4.30. The lowest BCUT2D eigenvalue weighted by molar-refractivity contribution is 0.888. The molecule has 0 saturated carbocycles. The Morgan fingerprint density at radius 1 is 0.431 bits per heavy atom. The number of hydrogen-bond donors (Lipinski definition) is 0. The van der Waals surface area contributed by atoms with E-state index in [0.717, 1.165) is 40.9 Å². The van der Waals surface area contributed by atoms with E-state index >= 15 is 0 Å². The third-order valence-corrected chi connectivity index (χ3v) is 11.5. The predicted octanol–water partition coefficient (Wildman–Crippen LogP) is 11.2. The molecule has 0 amide bonds. The Bertz CT molecular complexity index is 2910. The van der Waals surface area contributed by atoms with Crippen LogP contribution in [0.5, 0.6) is 0 Å². The van der Waals surface area contributed by atoms with E-state index in [1.807, 2.05) is 47.7 Å². The zero-order chi connectivity index (χ0) is 33.5. The number of rotatable bonds is 4. The van der Waals surface area contributed by atoms with E-state index < -0.39 is 0 Å². The van der Waals surface area contributed by atoms with Crippen molar-refractivity contribution in [3.63, 3.8) is 0 Å². The Morgan fingerprint density at radius 2 is 0.941 bits per heavy atom. The average Bonchev–Trinajstić information content (AvgIpc) is 3.86. The second-order valence-corrected chi connectivity index (χ2v) is 14.2. The first-order valence-electron chi connectivity index (χ1n) is 17.3. The summed E-state index contributed by atoms with van der Waals surface area (Å²) < 4.78 is 7.40. The third-order valence-electron chi connectivity index (χ3n) is 10.3. The van der Waals surface area contributed by atoms with Gasteiger partial charge in [0.25, 0.3) is 0 Å². The summed E-state index contributed by atoms with van der Waals surface area (Å²) >= 11 is 1.85. The second-order valence-electron chi connectivity index (χ2n) is 13.2. The predicted molar refractivity (Wildman–Crippen MR) is 210 cm³/mol. The van der Waals surface area contributed by atoms with Crippen LogP contribution < -0.4 is 0 Å². The van der Waals surface area contributed by atoms with Crippen molar-refractivity contribution in [1.82, 2.24) is 24.1 Å². The summed E-state index contributed by atoms with van der Waals surface area (Å²) in [4.78, 5) is 15.5. The van der Waals surface area contributed by atoms with Crippen molar-refractivity contribution in [2.45, 2.75) is 12.8 Å². The topological polar surface area (TPSA) is 48.5 Å². The van der Waals surface area contributed by atoms with Gasteiger partial charge in [-0.05, 0) is 60.4 Å². The number of benzene rings is 6. The molecule has 1 aliphatic rings. The number of fused-ring (bicyclic) bond motifs is 10. The highest BCUT2D eigenvalue weighted by molar-refractivity contribution is 7.25. The molecule has 1 aliphatic carbocycles. The van der Waals surface area contributed by atoms with Gasteiger partial charge in [-0.2, -0.15) is 9.97 Å². The van der Waals surface area contributed by atoms with E-state index in [1.54, 1.807) is 0 Å². The molecular weight excluding hydrogens is 643 g/mol. The molecule has 4 aromatic heterocycles. The van der Waals surface area contributed by atoms with Gasteiger partial charge in [0.2, 0.25) is 5.95 Å². The fourth-order valence-corrected chi connectivity index (χ4v) is 9.18. The summed E-state index contributed by atoms with van der Waals surface area (Å²) in [5.41, 5.74) is 10.4. The Kier molecular flexibility index (Phi) is 6.18. The van der Waals surface area contributed by atoms with E-state index in [0.29, 0.717) is 17.6 Å². The van der Waals surface area contributed by atoms with E-state index in [1.165, 1.54) is 53.3 Å². The summed E-state index contributed by atoms with van der Waals surface area (Å²) in [5.74, 6) is 1.92. The number of para-hydroxylation sites is 2. The molecule has 11 rings (SSSR count). The lowest BCUT2D eigenvalue weighted by atomic mass is 9.92. The number of hydrogen-bond acceptors (Lipinski definition) is 4. The van der Waals surface area contributed by atoms with Crippen LogP contribution in [0.15, 0.2) is 152 Å². The van der Waals surface area contributed by atoms with Crippen LogP contribution in [-0.4, -0.2) is 24.1 Å². The molecule has 10 aromatic rings. The standard InChI is InChI=1S/C45H29N5S/c1-3-13-28(14-4-1)43-46-44(29-15-5-2-6-16-29)48-45(47-43)50-38-21-11-8-18-32(38)35-25-24-34-31-17-7-10-20-37(31)49(41(34)42(35)50)30-23-26-40-36(27-30)33-19-9-12-22-39(33)51-40/h1-23,26-27H,24-25H2. The van der Waals surface area contributed by atoms with E-state index in [-0.39, 0.29) is 0 Å². The molecule has 5 nitrogen and oxygen atoms in total. The molecule has 6 heteroatoms. The first-order valence-corrected chi connectivity index (χ1v) is 18.2. The van der Waals surface area contributed by atoms with Crippen molar-refractivity contribution in [3.05, 3.63) is 163 Å². The van der Waals surface area contributed by atoms with Crippen LogP contribution >= 0.6 is 11.3 Å². The summed E-state index contributed by atoms with van der Waals surface area (Å²) in [6, 6.07) is 53.7. The van der Waals surface area contributed by atoms with Gasteiger partial charge >= 0.3 is 0 Å². The molecule has 0 unspecified atom stereocenters. The summed E-state index contributed by atoms with van der Waals surface area (Å²) in [5, 5.41) is 5.10. The van der Waals surface area contributed by atoms with Crippen molar-refractivity contribution in [2.75, 3.05) is 0 Å². The lowest BCUT2D eigenvalue weighted by Crippen LogP contribution is -2.12. The molecule has 0 spiro atoms. The number of nitrogens with zero attached hydrogens (tertiary/aromatic N) is 5. The van der Waals surface area contributed by atoms with Gasteiger partial charge in [0, 0.05) is 47.8 Å². The minimum Gasteiger partial charge on any atom is -0.307 e. The molecule has 0 bridgehead atoms. The van der Waals surface area contributed by atoms with Crippen molar-refractivity contribution >= 4 is 53.3 Å². The van der Waals surface area contributed by atoms with E-state index in [4.69, 9.17) is 15.0 Å². The Hall–Kier alpha value is -6.37. The van der Waals surface area contributed by atoms with E-state index in [2.05, 4.69) is 124 Å². The number of thiophene rings is 1. The van der Waals surface area contributed by atoms with Gasteiger partial charge in [0.05, 0.1) is 22.4 Å². The highest BCUT2D eigenvalue weighted by atomic mass is 32.1. The van der Waals surface area contributed by atoms with Gasteiger partial charge in [0.15, 0.2) is 11.6 Å². The van der Waals surface area contributed by atoms with Crippen molar-refractivity contribution in [1.29, 1.82) is 0 Å². The molecule has 0 fully saturated rings. The smallest absolute Gasteiger partial charge is 0.238 e. The van der Waals surface area contributed by atoms with Crippen LogP contribution in [-0.2, 0) is 12.8 Å². The maximum atomic E-state index is 5.26. The Labute approximate surface area is 297 Å². The zero-order valence-corrected chi connectivity index (χ0v) is 28.3. The SMILES string of the molecule is c1ccc(-c2nc(-c3ccccc3)nc(-n3c4c(c5ccccc53)CCc3c-4n(-c4ccc5sc6ccccc6c5c4)c4ccccc34)n2)cc1. The molecule has 0 saturated heterocycles. The first-order chi connectivity index (χ1) is 25.3. The summed E-state index contributed by atoms with van der Waals surface area (Å²) in [6.07, 6.45) is 1.88. The van der Waals surface area contributed by atoms with Gasteiger partial charge in [0.1, 0.15) is 0 Å². The summed E-state index contributed by atoms with van der Waals surface area (Å²) in [6.45, 7) is 0. The van der Waals surface area contributed by atoms with Gasteiger partial charge in [-0.3, -0.25) is 4.57 Å². The minimum atomic E-state index is 0.615. The van der Waals surface area contributed by atoms with Gasteiger partial charge in [-0.25, -0.2) is 4.98 Å². The second kappa shape index (κ2) is 11.1. The van der Waals surface area contributed by atoms with E-state index in [9.17, 15) is 0 Å². The fraction of sp³-hybridized carbons (Fsp3) is 0.0444. The fourth-order valence-electron chi connectivity index (χ4n) is 8.09. The molecule has 0 aliphatic heterocycles. The lowest BCUT2D eigenvalue weighted by Gasteiger charge is -2.21. The van der Waals surface area contributed by atoms with Gasteiger partial charge in [-0.15, -0.1) is 11.3 Å². The van der Waals surface area contributed by atoms with Crippen LogP contribution in [0, 0.1) is 0 Å². The van der Waals surface area contributed by atoms with Crippen LogP contribution in [0.3, 0.4) is 0 Å². The van der Waals surface area contributed by atoms with Crippen LogP contribution in [0.4, 0.5) is 0 Å². The Balaban J connectivity index is 1.25. The quantitative estimate of drug-likeness (QED) is 0.187. The molecule has 6 aromatic carbocycles. The average molecular weight is 672 g/mol. The molecule has 4 heterocycles. The highest BCUT2D eigenvalue weighted by Crippen LogP contribution is 2.47. The highest BCUT2D eigenvalue weighted by Gasteiger charge is 2.32. The van der Waals surface area contributed by atoms with Crippen LogP contribution in [0.25, 0.3) is 87.8 Å². The Morgan fingerprint density at radius 3 is 1.59 bits per heavy atom. The maximum Gasteiger partial charge on any atom is 0.238 e. The van der Waals surface area contributed by atoms with Gasteiger partial charge in [-0.1, -0.05) is 115 Å². The molecular formula is C45H29N5S. The molecule has 0 atom stereocenters. The maximum absolute atomic E-state index is 5.26. The molecule has 0 radical (unpaired) electrons. The first kappa shape index (κ1) is 28.5. The molecule has 0 N–H and O–H groups in total. The van der Waals surface area contributed by atoms with Crippen molar-refractivity contribution in [3.8, 4) is 45.8 Å². The van der Waals surface area contributed by atoms with Gasteiger partial charge < -0.3 is 4.57 Å². The number of aryl methyl sites for hydroxylation is 2. The van der Waals surface area contributed by atoms with Crippen molar-refractivity contribution < 1.29 is 0 Å². The zero-order valence-electron chi connectivity index (χ0n) is 27.5. The van der Waals surface area contributed by atoms with Crippen LogP contribution in [0.1, 0.15) is 11.1 Å². The van der Waals surface area contributed by atoms with Crippen molar-refractivity contribution in [2.24, 2.45) is 0 Å². The molecule has 51 heavy (non-hydrogen) atoms.